The molecule has 0 saturated heterocycles. The van der Waals surface area contributed by atoms with E-state index in [0.717, 1.165) is 22.4 Å². The normalized spacial score (nSPS) is 12.1. The molecule has 3 aromatic rings. The lowest BCUT2D eigenvalue weighted by Crippen LogP contribution is -2.11. The van der Waals surface area contributed by atoms with Crippen molar-refractivity contribution in [3.63, 3.8) is 0 Å². The Morgan fingerprint density at radius 3 is 2.27 bits per heavy atom. The lowest BCUT2D eigenvalue weighted by atomic mass is 10.0. The molecule has 0 aliphatic carbocycles. The van der Waals surface area contributed by atoms with Gasteiger partial charge in [0, 0.05) is 17.3 Å². The van der Waals surface area contributed by atoms with Gasteiger partial charge in [0.05, 0.1) is 5.71 Å². The zero-order chi connectivity index (χ0) is 18.4. The fourth-order valence-corrected chi connectivity index (χ4v) is 2.52. The van der Waals surface area contributed by atoms with Gasteiger partial charge in [0.15, 0.2) is 0 Å². The molecule has 2 N–H and O–H groups in total. The molecule has 0 saturated carbocycles. The number of hydrazone groups is 1. The van der Waals surface area contributed by atoms with E-state index in [-0.39, 0.29) is 5.56 Å². The van der Waals surface area contributed by atoms with Crippen LogP contribution in [0.2, 0.25) is 0 Å². The molecule has 0 fully saturated rings. The molecular formula is C21H20N4O. The van der Waals surface area contributed by atoms with Gasteiger partial charge in [-0.15, -0.1) is 0 Å². The monoisotopic (exact) mass is 344 g/mol. The van der Waals surface area contributed by atoms with E-state index in [1.54, 1.807) is 6.92 Å². The fourth-order valence-electron chi connectivity index (χ4n) is 2.52. The Morgan fingerprint density at radius 1 is 1.04 bits per heavy atom. The Morgan fingerprint density at radius 2 is 1.65 bits per heavy atom. The molecule has 0 atom stereocenters. The van der Waals surface area contributed by atoms with Gasteiger partial charge in [0.25, 0.3) is 5.56 Å². The smallest absolute Gasteiger partial charge is 0.252 e. The fraction of sp³-hybridized carbons (Fsp3) is 0.0952. The van der Waals surface area contributed by atoms with Crippen LogP contribution in [0.15, 0.2) is 82.7 Å². The van der Waals surface area contributed by atoms with E-state index in [1.165, 1.54) is 6.07 Å². The van der Waals surface area contributed by atoms with E-state index < -0.39 is 0 Å². The Kier molecular flexibility index (Phi) is 5.39. The average Bonchev–Trinajstić information content (AvgIpc) is 2.65. The van der Waals surface area contributed by atoms with Crippen molar-refractivity contribution in [1.82, 2.24) is 9.97 Å². The van der Waals surface area contributed by atoms with Crippen molar-refractivity contribution in [2.75, 3.05) is 5.43 Å². The zero-order valence-electron chi connectivity index (χ0n) is 14.7. The minimum Gasteiger partial charge on any atom is -0.291 e. The molecule has 1 heterocycles. The van der Waals surface area contributed by atoms with Crippen LogP contribution < -0.4 is 11.0 Å². The summed E-state index contributed by atoms with van der Waals surface area (Å²) >= 11 is 0. The molecule has 3 rings (SSSR count). The van der Waals surface area contributed by atoms with Crippen LogP contribution in [0, 0.1) is 6.92 Å². The molecule has 26 heavy (non-hydrogen) atoms. The molecule has 130 valence electrons. The van der Waals surface area contributed by atoms with Crippen LogP contribution >= 0.6 is 0 Å². The van der Waals surface area contributed by atoms with Crippen molar-refractivity contribution in [1.29, 1.82) is 0 Å². The number of aromatic nitrogens is 2. The molecule has 0 unspecified atom stereocenters. The summed E-state index contributed by atoms with van der Waals surface area (Å²) in [6.45, 7) is 3.81. The van der Waals surface area contributed by atoms with E-state index in [4.69, 9.17) is 0 Å². The van der Waals surface area contributed by atoms with Gasteiger partial charge < -0.3 is 0 Å². The highest BCUT2D eigenvalue weighted by atomic mass is 16.1. The third-order valence-corrected chi connectivity index (χ3v) is 3.80. The van der Waals surface area contributed by atoms with Crippen molar-refractivity contribution < 1.29 is 0 Å². The minimum absolute atomic E-state index is 0.215. The number of hydrogen-bond donors (Lipinski definition) is 2. The Balaban J connectivity index is 1.97. The van der Waals surface area contributed by atoms with E-state index in [9.17, 15) is 4.79 Å². The van der Waals surface area contributed by atoms with Gasteiger partial charge in [-0.25, -0.2) is 10.4 Å². The Bertz CT molecular complexity index is 989. The summed E-state index contributed by atoms with van der Waals surface area (Å²) in [4.78, 5) is 18.5. The first kappa shape index (κ1) is 17.4. The van der Waals surface area contributed by atoms with Crippen LogP contribution in [-0.4, -0.2) is 15.7 Å². The van der Waals surface area contributed by atoms with Gasteiger partial charge in [-0.2, -0.15) is 5.10 Å². The Labute approximate surface area is 152 Å². The van der Waals surface area contributed by atoms with Gasteiger partial charge in [-0.1, -0.05) is 60.7 Å². The quantitative estimate of drug-likeness (QED) is 0.543. The maximum atomic E-state index is 11.6. The first-order valence-electron chi connectivity index (χ1n) is 8.32. The molecule has 0 bridgehead atoms. The van der Waals surface area contributed by atoms with Crippen LogP contribution in [0.1, 0.15) is 23.7 Å². The van der Waals surface area contributed by atoms with Crippen molar-refractivity contribution in [3.05, 3.63) is 100.0 Å². The zero-order valence-corrected chi connectivity index (χ0v) is 14.7. The van der Waals surface area contributed by atoms with E-state index in [2.05, 4.69) is 32.6 Å². The average molecular weight is 344 g/mol. The molecule has 0 amide bonds. The topological polar surface area (TPSA) is 70.1 Å². The summed E-state index contributed by atoms with van der Waals surface area (Å²) in [5.74, 6) is 0.314. The number of aromatic amines is 1. The van der Waals surface area contributed by atoms with Crippen molar-refractivity contribution in [3.8, 4) is 0 Å². The molecule has 5 nitrogen and oxygen atoms in total. The lowest BCUT2D eigenvalue weighted by molar-refractivity contribution is 1.04. The second kappa shape index (κ2) is 8.07. The molecular weight excluding hydrogens is 324 g/mol. The number of H-pyrrole nitrogens is 1. The second-order valence-corrected chi connectivity index (χ2v) is 5.90. The summed E-state index contributed by atoms with van der Waals surface area (Å²) < 4.78 is 0. The summed E-state index contributed by atoms with van der Waals surface area (Å²) in [6, 6.07) is 21.4. The van der Waals surface area contributed by atoms with Crippen LogP contribution in [0.3, 0.4) is 0 Å². The van der Waals surface area contributed by atoms with Gasteiger partial charge in [0.2, 0.25) is 5.95 Å². The molecule has 5 heteroatoms. The van der Waals surface area contributed by atoms with E-state index in [0.29, 0.717) is 11.6 Å². The van der Waals surface area contributed by atoms with E-state index in [1.807, 2.05) is 61.5 Å². The van der Waals surface area contributed by atoms with Gasteiger partial charge in [0.1, 0.15) is 0 Å². The molecule has 0 aliphatic heterocycles. The highest BCUT2D eigenvalue weighted by molar-refractivity contribution is 6.12. The third-order valence-electron chi connectivity index (χ3n) is 3.80. The van der Waals surface area contributed by atoms with Gasteiger partial charge >= 0.3 is 0 Å². The van der Waals surface area contributed by atoms with Gasteiger partial charge in [-0.3, -0.25) is 9.78 Å². The number of anilines is 1. The standard InChI is InChI=1S/C21H20N4O/c1-15(17-9-5-3-6-10-17)13-19(18-11-7-4-8-12-18)24-25-21-22-16(2)14-20(26)23-21/h3-14H,1-2H3,(H2,22,23,25,26)/b15-13?,24-19-. The highest BCUT2D eigenvalue weighted by Gasteiger charge is 2.04. The molecule has 2 aromatic carbocycles. The highest BCUT2D eigenvalue weighted by Crippen LogP contribution is 2.15. The predicted molar refractivity (Wildman–Crippen MR) is 106 cm³/mol. The predicted octanol–water partition coefficient (Wildman–Crippen LogP) is 4.00. The molecule has 1 aromatic heterocycles. The summed E-state index contributed by atoms with van der Waals surface area (Å²) in [5.41, 5.74) is 7.19. The first-order chi connectivity index (χ1) is 12.6. The number of hydrogen-bond acceptors (Lipinski definition) is 4. The van der Waals surface area contributed by atoms with Crippen LogP contribution in [0.5, 0.6) is 0 Å². The third kappa shape index (κ3) is 4.54. The van der Waals surface area contributed by atoms with Gasteiger partial charge in [-0.05, 0) is 31.1 Å². The van der Waals surface area contributed by atoms with Crippen molar-refractivity contribution in [2.45, 2.75) is 13.8 Å². The minimum atomic E-state index is -0.215. The van der Waals surface area contributed by atoms with Crippen LogP contribution in [0.4, 0.5) is 5.95 Å². The number of rotatable bonds is 5. The van der Waals surface area contributed by atoms with Crippen molar-refractivity contribution in [2.24, 2.45) is 5.10 Å². The van der Waals surface area contributed by atoms with E-state index >= 15 is 0 Å². The number of benzene rings is 2. The second-order valence-electron chi connectivity index (χ2n) is 5.90. The summed E-state index contributed by atoms with van der Waals surface area (Å²) in [6.07, 6.45) is 2.01. The Hall–Kier alpha value is -3.47. The van der Waals surface area contributed by atoms with Crippen molar-refractivity contribution >= 4 is 17.2 Å². The summed E-state index contributed by atoms with van der Waals surface area (Å²) in [7, 11) is 0. The van der Waals surface area contributed by atoms with Crippen LogP contribution in [-0.2, 0) is 0 Å². The largest absolute Gasteiger partial charge is 0.291 e. The molecule has 0 aliphatic rings. The SMILES string of the molecule is CC(=C/C(=N/Nc1nc(C)cc(=O)[nH]1)c1ccccc1)c1ccccc1. The maximum Gasteiger partial charge on any atom is 0.252 e. The number of allylic oxidation sites excluding steroid dienone is 2. The number of nitrogens with zero attached hydrogens (tertiary/aromatic N) is 2. The maximum absolute atomic E-state index is 11.6. The number of aryl methyl sites for hydroxylation is 1. The lowest BCUT2D eigenvalue weighted by Gasteiger charge is -2.07. The number of nitrogens with one attached hydrogen (secondary N) is 2. The van der Waals surface area contributed by atoms with Crippen LogP contribution in [0.25, 0.3) is 5.57 Å². The first-order valence-corrected chi connectivity index (χ1v) is 8.32. The summed E-state index contributed by atoms with van der Waals surface area (Å²) in [5, 5.41) is 4.47. The molecule has 0 spiro atoms. The molecule has 0 radical (unpaired) electrons.